The summed E-state index contributed by atoms with van der Waals surface area (Å²) in [7, 11) is -2.02. The molecule has 0 spiro atoms. The van der Waals surface area contributed by atoms with Crippen molar-refractivity contribution in [1.29, 1.82) is 0 Å². The Morgan fingerprint density at radius 2 is 2.00 bits per heavy atom. The molecule has 1 aromatic rings. The molecule has 1 aliphatic carbocycles. The summed E-state index contributed by atoms with van der Waals surface area (Å²) in [5.41, 5.74) is 6.02. The molecule has 0 aromatic heterocycles. The van der Waals surface area contributed by atoms with Gasteiger partial charge in [0.1, 0.15) is 4.90 Å². The second-order valence-electron chi connectivity index (χ2n) is 4.77. The third-order valence-electron chi connectivity index (χ3n) is 3.26. The quantitative estimate of drug-likeness (QED) is 0.905. The minimum Gasteiger partial charge on any atom is -0.326 e. The molecule has 0 unspecified atom stereocenters. The van der Waals surface area contributed by atoms with E-state index in [-0.39, 0.29) is 16.5 Å². The van der Waals surface area contributed by atoms with Crippen LogP contribution in [-0.2, 0) is 16.6 Å². The lowest BCUT2D eigenvalue weighted by Crippen LogP contribution is -2.29. The molecule has 4 nitrogen and oxygen atoms in total. The Kier molecular flexibility index (Phi) is 4.42. The number of hydrogen-bond donors (Lipinski definition) is 1. The van der Waals surface area contributed by atoms with Gasteiger partial charge < -0.3 is 5.73 Å². The van der Waals surface area contributed by atoms with Gasteiger partial charge >= 0.3 is 0 Å². The fourth-order valence-electron chi connectivity index (χ4n) is 1.89. The first-order chi connectivity index (χ1) is 8.87. The Hall–Kier alpha value is -0.330. The Labute approximate surface area is 123 Å². The van der Waals surface area contributed by atoms with Crippen molar-refractivity contribution in [2.24, 2.45) is 11.7 Å². The molecule has 19 heavy (non-hydrogen) atoms. The predicted octanol–water partition coefficient (Wildman–Crippen LogP) is 2.48. The number of nitrogens with zero attached hydrogens (tertiary/aromatic N) is 1. The predicted molar refractivity (Wildman–Crippen MR) is 76.9 cm³/mol. The van der Waals surface area contributed by atoms with Crippen LogP contribution in [0.1, 0.15) is 18.4 Å². The standard InChI is InChI=1S/C12H16Cl2N2O2S/c1-16(7-8-2-3-8)19(17,18)11-5-4-10(13)9(6-15)12(11)14/h4-5,8H,2-3,6-7,15H2,1H3. The zero-order valence-corrected chi connectivity index (χ0v) is 12.9. The van der Waals surface area contributed by atoms with E-state index in [0.29, 0.717) is 23.0 Å². The number of halogens is 2. The molecule has 2 N–H and O–H groups in total. The van der Waals surface area contributed by atoms with E-state index in [1.165, 1.54) is 16.4 Å². The third-order valence-corrected chi connectivity index (χ3v) is 6.02. The van der Waals surface area contributed by atoms with Crippen LogP contribution in [0.3, 0.4) is 0 Å². The van der Waals surface area contributed by atoms with Crippen LogP contribution < -0.4 is 5.73 Å². The van der Waals surface area contributed by atoms with Gasteiger partial charge in [0.05, 0.1) is 5.02 Å². The summed E-state index contributed by atoms with van der Waals surface area (Å²) >= 11 is 12.1. The van der Waals surface area contributed by atoms with Crippen molar-refractivity contribution in [3.8, 4) is 0 Å². The average Bonchev–Trinajstić information content (AvgIpc) is 3.13. The number of benzene rings is 1. The lowest BCUT2D eigenvalue weighted by Gasteiger charge is -2.19. The van der Waals surface area contributed by atoms with Gasteiger partial charge in [0.2, 0.25) is 10.0 Å². The summed E-state index contributed by atoms with van der Waals surface area (Å²) in [5, 5.41) is 0.508. The van der Waals surface area contributed by atoms with E-state index in [0.717, 1.165) is 12.8 Å². The largest absolute Gasteiger partial charge is 0.326 e. The third kappa shape index (κ3) is 3.06. The molecule has 0 saturated heterocycles. The Morgan fingerprint density at radius 3 is 2.53 bits per heavy atom. The van der Waals surface area contributed by atoms with Gasteiger partial charge in [0.25, 0.3) is 0 Å². The first-order valence-electron chi connectivity index (χ1n) is 6.01. The van der Waals surface area contributed by atoms with Gasteiger partial charge in [0.15, 0.2) is 0 Å². The molecule has 1 aromatic carbocycles. The highest BCUT2D eigenvalue weighted by Crippen LogP contribution is 2.34. The van der Waals surface area contributed by atoms with Crippen LogP contribution in [0.25, 0.3) is 0 Å². The SMILES string of the molecule is CN(CC1CC1)S(=O)(=O)c1ccc(Cl)c(CN)c1Cl. The lowest BCUT2D eigenvalue weighted by molar-refractivity contribution is 0.453. The van der Waals surface area contributed by atoms with Gasteiger partial charge in [-0.2, -0.15) is 0 Å². The molecular weight excluding hydrogens is 307 g/mol. The molecule has 7 heteroatoms. The monoisotopic (exact) mass is 322 g/mol. The minimum absolute atomic E-state index is 0.0715. The van der Waals surface area contributed by atoms with Gasteiger partial charge in [-0.05, 0) is 30.9 Å². The zero-order valence-electron chi connectivity index (χ0n) is 10.6. The number of hydrogen-bond acceptors (Lipinski definition) is 3. The molecule has 0 radical (unpaired) electrons. The molecule has 0 bridgehead atoms. The second kappa shape index (κ2) is 5.58. The first-order valence-corrected chi connectivity index (χ1v) is 8.20. The number of nitrogens with two attached hydrogens (primary N) is 1. The van der Waals surface area contributed by atoms with Gasteiger partial charge in [0, 0.05) is 30.7 Å². The normalized spacial score (nSPS) is 16.1. The van der Waals surface area contributed by atoms with E-state index < -0.39 is 10.0 Å². The van der Waals surface area contributed by atoms with Crippen LogP contribution in [0.2, 0.25) is 10.0 Å². The smallest absolute Gasteiger partial charge is 0.244 e. The molecule has 106 valence electrons. The highest BCUT2D eigenvalue weighted by molar-refractivity contribution is 7.89. The van der Waals surface area contributed by atoms with Crippen molar-refractivity contribution >= 4 is 33.2 Å². The van der Waals surface area contributed by atoms with Gasteiger partial charge in [-0.1, -0.05) is 23.2 Å². The maximum Gasteiger partial charge on any atom is 0.244 e. The maximum absolute atomic E-state index is 12.5. The van der Waals surface area contributed by atoms with Gasteiger partial charge in [-0.25, -0.2) is 12.7 Å². The second-order valence-corrected chi connectivity index (χ2v) is 7.57. The fraction of sp³-hybridized carbons (Fsp3) is 0.500. The van der Waals surface area contributed by atoms with Crippen LogP contribution in [-0.4, -0.2) is 26.3 Å². The number of sulfonamides is 1. The van der Waals surface area contributed by atoms with Gasteiger partial charge in [-0.15, -0.1) is 0 Å². The molecule has 1 aliphatic rings. The summed E-state index contributed by atoms with van der Waals surface area (Å²) in [6, 6.07) is 2.95. The molecule has 0 aliphatic heterocycles. The fourth-order valence-corrected chi connectivity index (χ4v) is 4.04. The topological polar surface area (TPSA) is 63.4 Å². The van der Waals surface area contributed by atoms with E-state index in [2.05, 4.69) is 0 Å². The molecule has 1 fully saturated rings. The van der Waals surface area contributed by atoms with E-state index in [1.54, 1.807) is 7.05 Å². The van der Waals surface area contributed by atoms with Crippen molar-refractivity contribution in [2.45, 2.75) is 24.3 Å². The summed E-state index contributed by atoms with van der Waals surface area (Å²) in [6.45, 7) is 0.632. The summed E-state index contributed by atoms with van der Waals surface area (Å²) < 4.78 is 26.3. The molecule has 0 heterocycles. The summed E-state index contributed by atoms with van der Waals surface area (Å²) in [6.07, 6.45) is 2.17. The average molecular weight is 323 g/mol. The summed E-state index contributed by atoms with van der Waals surface area (Å²) in [5.74, 6) is 0.472. The highest BCUT2D eigenvalue weighted by atomic mass is 35.5. The van der Waals surface area contributed by atoms with Crippen molar-refractivity contribution < 1.29 is 8.42 Å². The van der Waals surface area contributed by atoms with Crippen LogP contribution in [0.5, 0.6) is 0 Å². The Morgan fingerprint density at radius 1 is 1.37 bits per heavy atom. The number of rotatable bonds is 5. The van der Waals surface area contributed by atoms with Crippen molar-refractivity contribution in [2.75, 3.05) is 13.6 Å². The van der Waals surface area contributed by atoms with Crippen LogP contribution in [0, 0.1) is 5.92 Å². The van der Waals surface area contributed by atoms with Crippen LogP contribution in [0.4, 0.5) is 0 Å². The van der Waals surface area contributed by atoms with Crippen molar-refractivity contribution in [1.82, 2.24) is 4.31 Å². The highest BCUT2D eigenvalue weighted by Gasteiger charge is 2.31. The Bertz CT molecular complexity index is 586. The van der Waals surface area contributed by atoms with E-state index in [9.17, 15) is 8.42 Å². The molecule has 2 rings (SSSR count). The van der Waals surface area contributed by atoms with Crippen LogP contribution in [0.15, 0.2) is 17.0 Å². The maximum atomic E-state index is 12.5. The van der Waals surface area contributed by atoms with Gasteiger partial charge in [-0.3, -0.25) is 0 Å². The first kappa shape index (κ1) is 15.1. The van der Waals surface area contributed by atoms with Crippen molar-refractivity contribution in [3.63, 3.8) is 0 Å². The van der Waals surface area contributed by atoms with Crippen LogP contribution >= 0.6 is 23.2 Å². The molecule has 0 atom stereocenters. The van der Waals surface area contributed by atoms with E-state index in [1.807, 2.05) is 0 Å². The molecular formula is C12H16Cl2N2O2S. The van der Waals surface area contributed by atoms with Crippen molar-refractivity contribution in [3.05, 3.63) is 27.7 Å². The Balaban J connectivity index is 2.39. The van der Waals surface area contributed by atoms with E-state index >= 15 is 0 Å². The summed E-state index contributed by atoms with van der Waals surface area (Å²) in [4.78, 5) is 0.0715. The molecule has 1 saturated carbocycles. The van der Waals surface area contributed by atoms with E-state index in [4.69, 9.17) is 28.9 Å². The minimum atomic E-state index is -3.59. The lowest BCUT2D eigenvalue weighted by atomic mass is 10.2. The zero-order chi connectivity index (χ0) is 14.2. The molecule has 0 amide bonds.